The molecule has 4 aromatic rings. The molecular weight excluding hydrogens is 591 g/mol. The lowest BCUT2D eigenvalue weighted by Gasteiger charge is -2.34. The summed E-state index contributed by atoms with van der Waals surface area (Å²) in [6.45, 7) is 0.434. The normalized spacial score (nSPS) is 14.3. The number of ether oxygens (including phenoxy) is 1. The van der Waals surface area contributed by atoms with Gasteiger partial charge in [-0.2, -0.15) is 28.7 Å². The van der Waals surface area contributed by atoms with Crippen LogP contribution in [-0.2, 0) is 22.3 Å². The number of alkyl halides is 3. The number of anilines is 3. The number of allylic oxidation sites excluding steroid dienone is 2. The number of amides is 1. The second-order valence-corrected chi connectivity index (χ2v) is 9.81. The molecule has 1 aliphatic heterocycles. The standard InChI is InChI=1S/C31H22F3N7O4/c1-19-25(16-36)27(22-12-10-20(15-35)11-13-22)41-29(40(19)24-9-5-8-23(14-24)31(32,33)34)37-28(38-41)39(17-26(42)43)30(44)45-18-21-6-3-2-4-7-21/h2-14,27H,17-18H2,1H3,(H,42,43)/t27-/m1/s1. The van der Waals surface area contributed by atoms with Crippen LogP contribution in [0.3, 0.4) is 0 Å². The summed E-state index contributed by atoms with van der Waals surface area (Å²) in [5, 5.41) is 33.6. The fourth-order valence-corrected chi connectivity index (χ4v) is 4.80. The number of carbonyl (C=O) groups is 2. The van der Waals surface area contributed by atoms with Crippen LogP contribution in [0.5, 0.6) is 0 Å². The predicted octanol–water partition coefficient (Wildman–Crippen LogP) is 5.94. The Morgan fingerprint density at radius 1 is 1.02 bits per heavy atom. The molecule has 1 N–H and O–H groups in total. The second-order valence-electron chi connectivity index (χ2n) is 9.81. The van der Waals surface area contributed by atoms with E-state index < -0.39 is 42.3 Å². The Bertz CT molecular complexity index is 1870. The van der Waals surface area contributed by atoms with Crippen LogP contribution in [0.15, 0.2) is 90.1 Å². The van der Waals surface area contributed by atoms with Crippen LogP contribution in [0.25, 0.3) is 0 Å². The van der Waals surface area contributed by atoms with E-state index in [9.17, 15) is 38.4 Å². The van der Waals surface area contributed by atoms with Gasteiger partial charge in [0.25, 0.3) is 5.95 Å². The molecule has 45 heavy (non-hydrogen) atoms. The molecule has 11 nitrogen and oxygen atoms in total. The lowest BCUT2D eigenvalue weighted by molar-refractivity contribution is -0.137. The molecule has 1 amide bonds. The summed E-state index contributed by atoms with van der Waals surface area (Å²) in [6, 6.07) is 22.3. The van der Waals surface area contributed by atoms with E-state index in [1.807, 2.05) is 6.07 Å². The molecule has 1 aliphatic rings. The molecule has 1 atom stereocenters. The summed E-state index contributed by atoms with van der Waals surface area (Å²) < 4.78 is 47.6. The average molecular weight is 614 g/mol. The van der Waals surface area contributed by atoms with E-state index in [2.05, 4.69) is 16.2 Å². The van der Waals surface area contributed by atoms with Gasteiger partial charge in [0, 0.05) is 11.4 Å². The Morgan fingerprint density at radius 2 is 1.73 bits per heavy atom. The lowest BCUT2D eigenvalue weighted by Crippen LogP contribution is -2.37. The molecule has 2 heterocycles. The van der Waals surface area contributed by atoms with Gasteiger partial charge in [-0.1, -0.05) is 48.5 Å². The van der Waals surface area contributed by atoms with Gasteiger partial charge in [-0.3, -0.25) is 9.69 Å². The number of halogens is 3. The number of hydrogen-bond acceptors (Lipinski definition) is 8. The molecule has 3 aromatic carbocycles. The smallest absolute Gasteiger partial charge is 0.417 e. The van der Waals surface area contributed by atoms with Gasteiger partial charge >= 0.3 is 18.2 Å². The van der Waals surface area contributed by atoms with Crippen molar-refractivity contribution in [2.75, 3.05) is 16.3 Å². The molecule has 226 valence electrons. The summed E-state index contributed by atoms with van der Waals surface area (Å²) in [4.78, 5) is 31.4. The monoisotopic (exact) mass is 613 g/mol. The van der Waals surface area contributed by atoms with Crippen LogP contribution in [0.1, 0.15) is 35.2 Å². The van der Waals surface area contributed by atoms with E-state index >= 15 is 0 Å². The van der Waals surface area contributed by atoms with Crippen molar-refractivity contribution in [2.24, 2.45) is 0 Å². The number of hydrogen-bond donors (Lipinski definition) is 1. The van der Waals surface area contributed by atoms with Crippen molar-refractivity contribution in [3.05, 3.63) is 112 Å². The first kappa shape index (κ1) is 30.3. The van der Waals surface area contributed by atoms with E-state index in [-0.39, 0.29) is 29.5 Å². The van der Waals surface area contributed by atoms with Crippen LogP contribution in [-0.4, -0.2) is 38.5 Å². The molecule has 0 radical (unpaired) electrons. The van der Waals surface area contributed by atoms with Gasteiger partial charge in [0.1, 0.15) is 19.2 Å². The third-order valence-corrected chi connectivity index (χ3v) is 6.91. The quantitative estimate of drug-likeness (QED) is 0.267. The first-order valence-electron chi connectivity index (χ1n) is 13.3. The first-order chi connectivity index (χ1) is 21.5. The number of carbonyl (C=O) groups excluding carboxylic acids is 1. The molecule has 0 aliphatic carbocycles. The third-order valence-electron chi connectivity index (χ3n) is 6.91. The molecule has 0 saturated carbocycles. The van der Waals surface area contributed by atoms with Gasteiger partial charge < -0.3 is 9.84 Å². The molecular formula is C31H22F3N7O4. The van der Waals surface area contributed by atoms with Gasteiger partial charge in [-0.05, 0) is 48.4 Å². The number of aliphatic carboxylic acids is 1. The summed E-state index contributed by atoms with van der Waals surface area (Å²) in [5.41, 5.74) is 0.782. The Hall–Kier alpha value is -6.15. The number of nitrogens with zero attached hydrogens (tertiary/aromatic N) is 7. The second kappa shape index (κ2) is 12.2. The highest BCUT2D eigenvalue weighted by Crippen LogP contribution is 2.43. The molecule has 0 spiro atoms. The van der Waals surface area contributed by atoms with Crippen LogP contribution in [0.4, 0.5) is 35.5 Å². The molecule has 5 rings (SSSR count). The summed E-state index contributed by atoms with van der Waals surface area (Å²) >= 11 is 0. The van der Waals surface area contributed by atoms with Crippen molar-refractivity contribution in [2.45, 2.75) is 25.7 Å². The fraction of sp³-hybridized carbons (Fsp3) is 0.161. The highest BCUT2D eigenvalue weighted by Gasteiger charge is 2.39. The van der Waals surface area contributed by atoms with E-state index in [0.29, 0.717) is 21.6 Å². The van der Waals surface area contributed by atoms with Crippen molar-refractivity contribution in [3.8, 4) is 12.1 Å². The molecule has 0 fully saturated rings. The number of carboxylic acid groups (broad SMARTS) is 1. The van der Waals surface area contributed by atoms with E-state index in [0.717, 1.165) is 12.1 Å². The van der Waals surface area contributed by atoms with Crippen LogP contribution in [0.2, 0.25) is 0 Å². The zero-order valence-electron chi connectivity index (χ0n) is 23.4. The Labute approximate surface area is 254 Å². The zero-order chi connectivity index (χ0) is 32.3. The molecule has 14 heteroatoms. The Morgan fingerprint density at radius 3 is 2.36 bits per heavy atom. The van der Waals surface area contributed by atoms with Gasteiger partial charge in [-0.15, -0.1) is 5.10 Å². The van der Waals surface area contributed by atoms with Crippen molar-refractivity contribution < 1.29 is 32.6 Å². The largest absolute Gasteiger partial charge is 0.480 e. The summed E-state index contributed by atoms with van der Waals surface area (Å²) in [7, 11) is 0. The highest BCUT2D eigenvalue weighted by atomic mass is 19.4. The molecule has 0 unspecified atom stereocenters. The van der Waals surface area contributed by atoms with E-state index in [1.54, 1.807) is 42.5 Å². The van der Waals surface area contributed by atoms with E-state index in [1.165, 1.54) is 40.8 Å². The van der Waals surface area contributed by atoms with Gasteiger partial charge in [0.05, 0.1) is 28.8 Å². The highest BCUT2D eigenvalue weighted by molar-refractivity contribution is 5.91. The number of benzene rings is 3. The van der Waals surface area contributed by atoms with Gasteiger partial charge in [-0.25, -0.2) is 14.4 Å². The van der Waals surface area contributed by atoms with Crippen molar-refractivity contribution in [1.29, 1.82) is 10.5 Å². The molecule has 1 aromatic heterocycles. The molecule has 0 saturated heterocycles. The number of aromatic nitrogens is 3. The molecule has 0 bridgehead atoms. The zero-order valence-corrected chi connectivity index (χ0v) is 23.4. The fourth-order valence-electron chi connectivity index (χ4n) is 4.80. The van der Waals surface area contributed by atoms with Crippen molar-refractivity contribution >= 4 is 29.6 Å². The summed E-state index contributed by atoms with van der Waals surface area (Å²) in [6.07, 6.45) is -5.76. The topological polar surface area (TPSA) is 148 Å². The minimum absolute atomic E-state index is 0.00927. The van der Waals surface area contributed by atoms with Crippen LogP contribution >= 0.6 is 0 Å². The minimum Gasteiger partial charge on any atom is -0.480 e. The number of rotatable bonds is 7. The number of fused-ring (bicyclic) bond motifs is 1. The van der Waals surface area contributed by atoms with E-state index in [4.69, 9.17) is 4.74 Å². The van der Waals surface area contributed by atoms with Gasteiger partial charge in [0.2, 0.25) is 5.95 Å². The number of nitriles is 2. The Balaban J connectivity index is 1.66. The van der Waals surface area contributed by atoms with Crippen molar-refractivity contribution in [1.82, 2.24) is 14.8 Å². The third kappa shape index (κ3) is 6.16. The average Bonchev–Trinajstić information content (AvgIpc) is 3.46. The SMILES string of the molecule is CC1=C(C#N)[C@@H](c2ccc(C#N)cc2)n2nc(N(CC(=O)O)C(=O)OCc3ccccc3)nc2N1c1cccc(C(F)(F)F)c1. The first-order valence-corrected chi connectivity index (χ1v) is 13.3. The Kier molecular flexibility index (Phi) is 8.23. The van der Waals surface area contributed by atoms with Gasteiger partial charge in [0.15, 0.2) is 0 Å². The maximum Gasteiger partial charge on any atom is 0.417 e. The minimum atomic E-state index is -4.67. The maximum absolute atomic E-state index is 13.7. The van der Waals surface area contributed by atoms with Crippen LogP contribution in [0, 0.1) is 22.7 Å². The summed E-state index contributed by atoms with van der Waals surface area (Å²) in [5.74, 6) is -1.93. The predicted molar refractivity (Wildman–Crippen MR) is 153 cm³/mol. The maximum atomic E-state index is 13.7. The van der Waals surface area contributed by atoms with Crippen LogP contribution < -0.4 is 9.80 Å². The number of carboxylic acids is 1. The lowest BCUT2D eigenvalue weighted by atomic mass is 9.95. The van der Waals surface area contributed by atoms with Crippen molar-refractivity contribution in [3.63, 3.8) is 0 Å².